The van der Waals surface area contributed by atoms with Crippen molar-refractivity contribution in [3.05, 3.63) is 11.6 Å². The third-order valence-electron chi connectivity index (χ3n) is 26.6. The summed E-state index contributed by atoms with van der Waals surface area (Å²) < 4.78 is 82.8. The lowest BCUT2D eigenvalue weighted by atomic mass is 9.33. The van der Waals surface area contributed by atoms with Gasteiger partial charge in [0, 0.05) is 5.41 Å². The maximum absolute atomic E-state index is 15.6. The summed E-state index contributed by atoms with van der Waals surface area (Å²) in [7, 11) is 0. The first-order valence-electron chi connectivity index (χ1n) is 36.7. The molecule has 12 rings (SSSR count). The molecule has 0 amide bonds. The van der Waals surface area contributed by atoms with Crippen molar-refractivity contribution in [2.75, 3.05) is 39.6 Å². The van der Waals surface area contributed by atoms with Crippen LogP contribution in [0.4, 0.5) is 0 Å². The van der Waals surface area contributed by atoms with Gasteiger partial charge in [-0.25, -0.2) is 0 Å². The fourth-order valence-corrected chi connectivity index (χ4v) is 20.3. The van der Waals surface area contributed by atoms with E-state index in [1.165, 1.54) is 13.8 Å². The molecule has 0 aromatic rings. The second kappa shape index (κ2) is 31.0. The molecule has 21 N–H and O–H groups in total. The van der Waals surface area contributed by atoms with Crippen molar-refractivity contribution >= 4 is 5.97 Å². The van der Waals surface area contributed by atoms with Crippen molar-refractivity contribution in [3.8, 4) is 0 Å². The van der Waals surface area contributed by atoms with Gasteiger partial charge < -0.3 is 174 Å². The molecule has 7 saturated heterocycles. The number of fused-ring (bicyclic) bond motifs is 7. The fraction of sp³-hybridized carbons (Fsp3) is 0.957. The van der Waals surface area contributed by atoms with Gasteiger partial charge in [0.05, 0.1) is 70.2 Å². The highest BCUT2D eigenvalue weighted by atomic mass is 16.8. The Morgan fingerprint density at radius 1 is 0.448 bits per heavy atom. The first kappa shape index (κ1) is 82.3. The Kier molecular flexibility index (Phi) is 24.3. The van der Waals surface area contributed by atoms with Crippen LogP contribution in [-0.2, 0) is 71.1 Å². The number of carbonyl (C=O) groups excluding carboxylic acids is 1. The quantitative estimate of drug-likeness (QED) is 0.0365. The third-order valence-corrected chi connectivity index (χ3v) is 26.6. The van der Waals surface area contributed by atoms with Gasteiger partial charge in [0.15, 0.2) is 43.8 Å². The lowest BCUT2D eigenvalue weighted by Crippen LogP contribution is -2.71. The number of aliphatic hydroxyl groups is 21. The smallest absolute Gasteiger partial charge is 0.317 e. The van der Waals surface area contributed by atoms with E-state index in [0.717, 1.165) is 5.57 Å². The van der Waals surface area contributed by atoms with Crippen LogP contribution in [0.3, 0.4) is 0 Å². The molecule has 0 unspecified atom stereocenters. The van der Waals surface area contributed by atoms with Gasteiger partial charge in [-0.2, -0.15) is 0 Å². The Morgan fingerprint density at radius 2 is 0.962 bits per heavy atom. The largest absolute Gasteiger partial charge is 0.432 e. The van der Waals surface area contributed by atoms with Crippen molar-refractivity contribution in [3.63, 3.8) is 0 Å². The number of hydrogen-bond acceptors (Lipinski definition) is 36. The molecule has 11 fully saturated rings. The van der Waals surface area contributed by atoms with Gasteiger partial charge in [-0.3, -0.25) is 4.79 Å². The van der Waals surface area contributed by atoms with Crippen LogP contribution in [0.15, 0.2) is 11.6 Å². The predicted molar refractivity (Wildman–Crippen MR) is 344 cm³/mol. The minimum absolute atomic E-state index is 0.0586. The highest BCUT2D eigenvalue weighted by molar-refractivity contribution is 5.80. The summed E-state index contributed by atoms with van der Waals surface area (Å²) in [6.07, 6.45) is -54.6. The summed E-state index contributed by atoms with van der Waals surface area (Å²) in [5.41, 5.74) is -4.57. The van der Waals surface area contributed by atoms with Crippen molar-refractivity contribution in [2.24, 2.45) is 50.2 Å². The molecular weight excluding hydrogens is 1400 g/mol. The highest BCUT2D eigenvalue weighted by Gasteiger charge is 2.74. The predicted octanol–water partition coefficient (Wildman–Crippen LogP) is -7.68. The zero-order valence-corrected chi connectivity index (χ0v) is 59.9. The molecule has 7 aliphatic heterocycles. The van der Waals surface area contributed by atoms with Crippen LogP contribution in [0.1, 0.15) is 107 Å². The van der Waals surface area contributed by atoms with Crippen molar-refractivity contribution in [2.45, 2.75) is 322 Å². The van der Waals surface area contributed by atoms with Crippen molar-refractivity contribution < 1.29 is 178 Å². The van der Waals surface area contributed by atoms with Gasteiger partial charge >= 0.3 is 5.97 Å². The Balaban J connectivity index is 0.730. The number of aliphatic hydroxyl groups excluding tert-OH is 21. The average Bonchev–Trinajstić information content (AvgIpc) is 0.669. The maximum atomic E-state index is 15.6. The highest BCUT2D eigenvalue weighted by Crippen LogP contribution is 2.76. The lowest BCUT2D eigenvalue weighted by Gasteiger charge is -2.72. The number of allylic oxidation sites excluding steroid dienone is 2. The second-order valence-electron chi connectivity index (χ2n) is 33.4. The SMILES string of the molecule is C[C@@H]1O[C@@H](O[C@@H]2[C@@H](O)[C@H](O[C@@H]3[C@H](O)[C@@H](O)[C@H](O[C@H]4[C@H](OC(=O)[C@]56CCC(C)(C)C[C@H]5C5=CC[C@@H]7[C@]8(C)C[C@H](O)[C@H](O[C@@H]9O[C@H](CO)[C@@H](O)[C@H](O[C@@H]%10OC[C@@H](O)[C@H](O)[C@H]%10O)[C@H]9O)[C@@](C)(CO)[C@@H]8CC[C@@]7(C)[C@]5(C)C[C@H]6O)OC[C@H](O)[C@@H]4O)O[C@H]3C)OC[C@H]2O)[C@H](O[C@@H]2O[C@H](CO)[C@H](O)[C@H](O)[C@H]2O)[C@H](O)[C@H]1O. The Labute approximate surface area is 605 Å². The fourth-order valence-electron chi connectivity index (χ4n) is 20.3. The number of hydrogen-bond donors (Lipinski definition) is 21. The van der Waals surface area contributed by atoms with Crippen LogP contribution < -0.4 is 0 Å². The molecule has 0 radical (unpaired) electrons. The van der Waals surface area contributed by atoms with Gasteiger partial charge in [-0.05, 0) is 105 Å². The normalized spacial score (nSPS) is 55.9. The van der Waals surface area contributed by atoms with Gasteiger partial charge in [-0.15, -0.1) is 0 Å². The van der Waals surface area contributed by atoms with E-state index in [1.54, 1.807) is 6.92 Å². The van der Waals surface area contributed by atoms with E-state index in [4.69, 9.17) is 66.3 Å². The van der Waals surface area contributed by atoms with E-state index in [9.17, 15) is 107 Å². The molecule has 7 heterocycles. The van der Waals surface area contributed by atoms with Crippen LogP contribution in [0, 0.1) is 50.2 Å². The molecule has 36 heteroatoms. The molecule has 0 bridgehead atoms. The molecule has 43 atom stereocenters. The first-order chi connectivity index (χ1) is 49.3. The van der Waals surface area contributed by atoms with E-state index in [1.807, 2.05) is 0 Å². The number of carbonyl (C=O) groups is 1. The van der Waals surface area contributed by atoms with Gasteiger partial charge in [0.1, 0.15) is 140 Å². The summed E-state index contributed by atoms with van der Waals surface area (Å²) in [5.74, 6) is -2.16. The standard InChI is InChI=1S/C69H112O36/c1-24-37(78)43(84)54(103-59-46(87)42(83)40(81)32(18-70)97-59)62(95-24)100-51-31(76)22-93-57(48(51)89)99-50-25(2)96-58(47(88)44(50)85)102-53-39(80)30(75)21-94-61(53)105-63(91)69-14-13-64(3,4)15-27(69)26-9-10-35-65(5)16-28(73)55(66(6,23-72)34(65)11-12-67(35,7)68(26,8)17-36(69)77)104-60-49(90)52(41(82)33(19-71)98-60)101-56-45(86)38(79)29(74)20-92-56/h9,24-25,27-62,70-90H,10-23H2,1-8H3/t24-,25-,27-,28-,29+,30-,31+,32+,33+,34+,35+,36+,37-,38-,39-,40-,41+,42-,43+,44+,45+,46+,47+,48+,49+,50-,51-,52-,53+,54+,55-,56-,57-,58-,59-,60-,61-,62-,65+,66-,67+,68+,69+/m0/s1. The molecule has 12 aliphatic rings. The number of ether oxygens (including phenoxy) is 14. The molecule has 0 spiro atoms. The minimum Gasteiger partial charge on any atom is -0.432 e. The molecule has 0 aromatic heterocycles. The van der Waals surface area contributed by atoms with Crippen LogP contribution in [0.25, 0.3) is 0 Å². The van der Waals surface area contributed by atoms with Crippen LogP contribution >= 0.6 is 0 Å². The molecule has 604 valence electrons. The van der Waals surface area contributed by atoms with E-state index in [2.05, 4.69) is 40.7 Å². The molecule has 4 saturated carbocycles. The summed E-state index contributed by atoms with van der Waals surface area (Å²) in [5, 5.41) is 234. The second-order valence-corrected chi connectivity index (χ2v) is 33.4. The first-order valence-corrected chi connectivity index (χ1v) is 36.7. The topological polar surface area (TPSA) is 571 Å². The summed E-state index contributed by atoms with van der Waals surface area (Å²) in [6, 6.07) is 0. The van der Waals surface area contributed by atoms with Crippen LogP contribution in [0.5, 0.6) is 0 Å². The molecule has 105 heavy (non-hydrogen) atoms. The Morgan fingerprint density at radius 3 is 1.61 bits per heavy atom. The zero-order chi connectivity index (χ0) is 76.6. The average molecular weight is 1520 g/mol. The molecule has 5 aliphatic carbocycles. The third kappa shape index (κ3) is 14.2. The van der Waals surface area contributed by atoms with Crippen molar-refractivity contribution in [1.29, 1.82) is 0 Å². The van der Waals surface area contributed by atoms with Gasteiger partial charge in [0.25, 0.3) is 0 Å². The van der Waals surface area contributed by atoms with Crippen LogP contribution in [0.2, 0.25) is 0 Å². The maximum Gasteiger partial charge on any atom is 0.317 e. The summed E-state index contributed by atoms with van der Waals surface area (Å²) >= 11 is 0. The molecule has 0 aromatic carbocycles. The van der Waals surface area contributed by atoms with E-state index < -0.39 is 294 Å². The molecule has 36 nitrogen and oxygen atoms in total. The van der Waals surface area contributed by atoms with E-state index >= 15 is 4.79 Å². The van der Waals surface area contributed by atoms with E-state index in [0.29, 0.717) is 32.1 Å². The van der Waals surface area contributed by atoms with Crippen LogP contribution in [-0.4, -0.2) is 368 Å². The van der Waals surface area contributed by atoms with Crippen molar-refractivity contribution in [1.82, 2.24) is 0 Å². The zero-order valence-electron chi connectivity index (χ0n) is 59.9. The Hall–Kier alpha value is -2.15. The number of rotatable bonds is 17. The summed E-state index contributed by atoms with van der Waals surface area (Å²) in [4.78, 5) is 15.6. The Bertz CT molecular complexity index is 2990. The monoisotopic (exact) mass is 1520 g/mol. The minimum atomic E-state index is -2.07. The van der Waals surface area contributed by atoms with E-state index in [-0.39, 0.29) is 36.5 Å². The van der Waals surface area contributed by atoms with Gasteiger partial charge in [-0.1, -0.05) is 53.2 Å². The van der Waals surface area contributed by atoms with Gasteiger partial charge in [0.2, 0.25) is 6.29 Å². The molecular formula is C69H112O36. The summed E-state index contributed by atoms with van der Waals surface area (Å²) in [6.45, 7) is 11.3. The lowest BCUT2D eigenvalue weighted by molar-refractivity contribution is -0.390. The number of esters is 1.